The van der Waals surface area contributed by atoms with E-state index in [9.17, 15) is 14.9 Å². The SMILES string of the molecule is C#CCn1c(=NC(=O)c2cc([N+](=O)[O-])ccc2Cl)sc2cc(Cl)ccc21. The molecule has 3 rings (SSSR count). The number of hydrogen-bond acceptors (Lipinski definition) is 4. The van der Waals surface area contributed by atoms with Crippen molar-refractivity contribution in [2.45, 2.75) is 6.54 Å². The number of carbonyl (C=O) groups excluding carboxylic acids is 1. The Hall–Kier alpha value is -2.66. The molecule has 0 saturated heterocycles. The summed E-state index contributed by atoms with van der Waals surface area (Å²) in [5, 5.41) is 11.5. The van der Waals surface area contributed by atoms with Crippen LogP contribution >= 0.6 is 34.5 Å². The molecule has 130 valence electrons. The molecule has 6 nitrogen and oxygen atoms in total. The lowest BCUT2D eigenvalue weighted by atomic mass is 10.2. The van der Waals surface area contributed by atoms with Gasteiger partial charge in [0.1, 0.15) is 0 Å². The molecule has 26 heavy (non-hydrogen) atoms. The number of hydrogen-bond donors (Lipinski definition) is 0. The van der Waals surface area contributed by atoms with Gasteiger partial charge in [0.25, 0.3) is 11.6 Å². The van der Waals surface area contributed by atoms with E-state index in [1.54, 1.807) is 22.8 Å². The topological polar surface area (TPSA) is 77.5 Å². The van der Waals surface area contributed by atoms with Gasteiger partial charge in [0.05, 0.1) is 32.3 Å². The van der Waals surface area contributed by atoms with Crippen molar-refractivity contribution in [2.75, 3.05) is 0 Å². The second-order valence-corrected chi connectivity index (χ2v) is 6.98. The minimum absolute atomic E-state index is 0.0522. The molecule has 0 aliphatic rings. The van der Waals surface area contributed by atoms with Crippen LogP contribution in [0.25, 0.3) is 10.2 Å². The molecule has 0 bridgehead atoms. The molecule has 3 aromatic rings. The fourth-order valence-electron chi connectivity index (χ4n) is 2.31. The van der Waals surface area contributed by atoms with Gasteiger partial charge in [0, 0.05) is 17.2 Å². The van der Waals surface area contributed by atoms with Crippen LogP contribution in [0.3, 0.4) is 0 Å². The second-order valence-electron chi connectivity index (χ2n) is 5.13. The van der Waals surface area contributed by atoms with Gasteiger partial charge in [-0.2, -0.15) is 4.99 Å². The van der Waals surface area contributed by atoms with E-state index in [2.05, 4.69) is 10.9 Å². The summed E-state index contributed by atoms with van der Waals surface area (Å²) in [4.78, 5) is 27.3. The number of nitrogens with zero attached hydrogens (tertiary/aromatic N) is 3. The maximum atomic E-state index is 12.6. The van der Waals surface area contributed by atoms with Gasteiger partial charge >= 0.3 is 0 Å². The summed E-state index contributed by atoms with van der Waals surface area (Å²) in [6.45, 7) is 0.205. The summed E-state index contributed by atoms with van der Waals surface area (Å²) < 4.78 is 2.50. The molecule has 0 atom stereocenters. The first-order valence-electron chi connectivity index (χ1n) is 7.16. The molecule has 1 amide bonds. The fourth-order valence-corrected chi connectivity index (χ4v) is 3.82. The molecule has 2 aromatic carbocycles. The number of thiazole rings is 1. The van der Waals surface area contributed by atoms with E-state index in [4.69, 9.17) is 29.6 Å². The number of nitro benzene ring substituents is 1. The third-order valence-electron chi connectivity index (χ3n) is 3.48. The monoisotopic (exact) mass is 405 g/mol. The van der Waals surface area contributed by atoms with Gasteiger partial charge in [-0.3, -0.25) is 14.9 Å². The Labute approximate surface area is 161 Å². The zero-order chi connectivity index (χ0) is 18.8. The van der Waals surface area contributed by atoms with Crippen molar-refractivity contribution in [1.82, 2.24) is 4.57 Å². The molecule has 0 N–H and O–H groups in total. The van der Waals surface area contributed by atoms with Gasteiger partial charge in [0.15, 0.2) is 4.80 Å². The van der Waals surface area contributed by atoms with Gasteiger partial charge in [0.2, 0.25) is 0 Å². The smallest absolute Gasteiger partial charge is 0.281 e. The Balaban J connectivity index is 2.17. The number of fused-ring (bicyclic) bond motifs is 1. The summed E-state index contributed by atoms with van der Waals surface area (Å²) in [5.74, 6) is 1.82. The summed E-state index contributed by atoms with van der Waals surface area (Å²) in [5.41, 5.74) is 0.491. The third kappa shape index (κ3) is 3.48. The number of nitro groups is 1. The lowest BCUT2D eigenvalue weighted by molar-refractivity contribution is -0.384. The van der Waals surface area contributed by atoms with Crippen molar-refractivity contribution in [3.05, 3.63) is 66.9 Å². The van der Waals surface area contributed by atoms with Crippen molar-refractivity contribution < 1.29 is 9.72 Å². The molecule has 0 saturated carbocycles. The van der Waals surface area contributed by atoms with Crippen LogP contribution in [0.1, 0.15) is 10.4 Å². The van der Waals surface area contributed by atoms with Crippen LogP contribution in [0.4, 0.5) is 5.69 Å². The van der Waals surface area contributed by atoms with Crippen LogP contribution < -0.4 is 4.80 Å². The summed E-state index contributed by atoms with van der Waals surface area (Å²) in [7, 11) is 0. The molecular formula is C17H9Cl2N3O3S. The van der Waals surface area contributed by atoms with E-state index in [1.165, 1.54) is 23.5 Å². The maximum absolute atomic E-state index is 12.6. The van der Waals surface area contributed by atoms with E-state index < -0.39 is 10.8 Å². The zero-order valence-corrected chi connectivity index (χ0v) is 15.3. The van der Waals surface area contributed by atoms with Crippen LogP contribution in [-0.4, -0.2) is 15.4 Å². The molecule has 1 aromatic heterocycles. The Bertz CT molecular complexity index is 1160. The average Bonchev–Trinajstić information content (AvgIpc) is 2.91. The number of carbonyl (C=O) groups is 1. The summed E-state index contributed by atoms with van der Waals surface area (Å²) >= 11 is 13.2. The first kappa shape index (κ1) is 18.1. The van der Waals surface area contributed by atoms with Gasteiger partial charge in [-0.1, -0.05) is 40.5 Å². The first-order chi connectivity index (χ1) is 12.4. The molecule has 0 aliphatic heterocycles. The van der Waals surface area contributed by atoms with E-state index >= 15 is 0 Å². The van der Waals surface area contributed by atoms with Gasteiger partial charge < -0.3 is 4.57 Å². The minimum Gasteiger partial charge on any atom is -0.305 e. The van der Waals surface area contributed by atoms with Gasteiger partial charge in [-0.15, -0.1) is 6.42 Å². The van der Waals surface area contributed by atoms with Crippen molar-refractivity contribution in [3.63, 3.8) is 0 Å². The Morgan fingerprint density at radius 3 is 2.77 bits per heavy atom. The van der Waals surface area contributed by atoms with Crippen molar-refractivity contribution in [1.29, 1.82) is 0 Å². The van der Waals surface area contributed by atoms with Crippen LogP contribution in [0.5, 0.6) is 0 Å². The quantitative estimate of drug-likeness (QED) is 0.370. The molecule has 1 heterocycles. The standard InChI is InChI=1S/C17H9Cl2N3O3S/c1-2-7-21-14-6-3-10(18)8-15(14)26-17(21)20-16(23)12-9-11(22(24)25)4-5-13(12)19/h1,3-6,8-9H,7H2. The molecule has 0 fully saturated rings. The number of aromatic nitrogens is 1. The summed E-state index contributed by atoms with van der Waals surface area (Å²) in [6, 6.07) is 8.87. The number of benzene rings is 2. The molecule has 0 radical (unpaired) electrons. The lowest BCUT2D eigenvalue weighted by Crippen LogP contribution is -2.16. The zero-order valence-electron chi connectivity index (χ0n) is 13.0. The van der Waals surface area contributed by atoms with E-state index in [1.807, 2.05) is 0 Å². The highest BCUT2D eigenvalue weighted by molar-refractivity contribution is 7.16. The fraction of sp³-hybridized carbons (Fsp3) is 0.0588. The maximum Gasteiger partial charge on any atom is 0.281 e. The highest BCUT2D eigenvalue weighted by Gasteiger charge is 2.16. The lowest BCUT2D eigenvalue weighted by Gasteiger charge is -2.01. The van der Waals surface area contributed by atoms with Crippen molar-refractivity contribution >= 4 is 56.3 Å². The molecule has 0 aliphatic carbocycles. The minimum atomic E-state index is -0.692. The van der Waals surface area contributed by atoms with Crippen LogP contribution in [0.15, 0.2) is 41.4 Å². The first-order valence-corrected chi connectivity index (χ1v) is 8.73. The number of amides is 1. The molecule has 9 heteroatoms. The molecule has 0 unspecified atom stereocenters. The van der Waals surface area contributed by atoms with E-state index in [0.717, 1.165) is 16.3 Å². The summed E-state index contributed by atoms with van der Waals surface area (Å²) in [6.07, 6.45) is 5.41. The average molecular weight is 406 g/mol. The van der Waals surface area contributed by atoms with E-state index in [-0.39, 0.29) is 22.8 Å². The Morgan fingerprint density at radius 2 is 2.08 bits per heavy atom. The number of non-ortho nitro benzene ring substituents is 1. The van der Waals surface area contributed by atoms with Gasteiger partial charge in [-0.25, -0.2) is 0 Å². The predicted octanol–water partition coefficient (Wildman–Crippen LogP) is 4.29. The van der Waals surface area contributed by atoms with Crippen molar-refractivity contribution in [3.8, 4) is 12.3 Å². The normalized spacial score (nSPS) is 11.5. The van der Waals surface area contributed by atoms with Crippen LogP contribution in [-0.2, 0) is 6.54 Å². The highest BCUT2D eigenvalue weighted by Crippen LogP contribution is 2.24. The third-order valence-corrected chi connectivity index (χ3v) is 5.09. The molecular weight excluding hydrogens is 397 g/mol. The van der Waals surface area contributed by atoms with Crippen molar-refractivity contribution in [2.24, 2.45) is 4.99 Å². The van der Waals surface area contributed by atoms with Crippen LogP contribution in [0.2, 0.25) is 10.0 Å². The van der Waals surface area contributed by atoms with Crippen LogP contribution in [0, 0.1) is 22.5 Å². The number of rotatable bonds is 3. The number of terminal acetylenes is 1. The number of halogens is 2. The largest absolute Gasteiger partial charge is 0.305 e. The predicted molar refractivity (Wildman–Crippen MR) is 102 cm³/mol. The Kier molecular flexibility index (Phi) is 5.09. The molecule has 0 spiro atoms. The Morgan fingerprint density at radius 1 is 1.31 bits per heavy atom. The highest BCUT2D eigenvalue weighted by atomic mass is 35.5. The second kappa shape index (κ2) is 7.30. The van der Waals surface area contributed by atoms with Gasteiger partial charge in [-0.05, 0) is 24.3 Å². The van der Waals surface area contributed by atoms with E-state index in [0.29, 0.717) is 9.82 Å².